The minimum absolute atomic E-state index is 0.106. The van der Waals surface area contributed by atoms with Gasteiger partial charge in [0.05, 0.1) is 0 Å². The molecular weight excluding hydrogens is 278 g/mol. The van der Waals surface area contributed by atoms with Gasteiger partial charge >= 0.3 is 0 Å². The van der Waals surface area contributed by atoms with Crippen LogP contribution in [-0.4, -0.2) is 30.5 Å². The summed E-state index contributed by atoms with van der Waals surface area (Å²) in [6, 6.07) is 5.25. The maximum Gasteiger partial charge on any atom is 0.285 e. The second kappa shape index (κ2) is 5.32. The van der Waals surface area contributed by atoms with E-state index in [1.165, 1.54) is 4.90 Å². The van der Waals surface area contributed by atoms with Crippen LogP contribution in [-0.2, 0) is 0 Å². The molecule has 1 rings (SSSR count). The zero-order valence-corrected chi connectivity index (χ0v) is 10.8. The minimum Gasteiger partial charge on any atom is -0.339 e. The van der Waals surface area contributed by atoms with E-state index in [2.05, 4.69) is 15.9 Å². The van der Waals surface area contributed by atoms with Crippen molar-refractivity contribution in [1.29, 1.82) is 0 Å². The Morgan fingerprint density at radius 3 is 2.67 bits per heavy atom. The minimum atomic E-state index is -0.106. The molecule has 0 unspecified atom stereocenters. The van der Waals surface area contributed by atoms with Gasteiger partial charge in [-0.05, 0) is 33.8 Å². The Kier molecular flexibility index (Phi) is 4.35. The molecule has 1 aromatic rings. The number of carbonyl (C=O) groups is 2. The van der Waals surface area contributed by atoms with Crippen molar-refractivity contribution in [3.8, 4) is 0 Å². The molecule has 0 radical (unpaired) electrons. The van der Waals surface area contributed by atoms with Gasteiger partial charge in [0.2, 0.25) is 0 Å². The van der Waals surface area contributed by atoms with Crippen molar-refractivity contribution in [3.63, 3.8) is 0 Å². The second-order valence-corrected chi connectivity index (χ2v) is 4.85. The summed E-state index contributed by atoms with van der Waals surface area (Å²) >= 11 is 4.35. The van der Waals surface area contributed by atoms with Crippen molar-refractivity contribution in [3.05, 3.63) is 28.2 Å². The molecule has 1 aromatic carbocycles. The van der Waals surface area contributed by atoms with E-state index in [0.717, 1.165) is 22.5 Å². The Morgan fingerprint density at radius 2 is 2.13 bits per heavy atom. The van der Waals surface area contributed by atoms with Crippen LogP contribution >= 0.6 is 27.7 Å². The van der Waals surface area contributed by atoms with Crippen LogP contribution < -0.4 is 0 Å². The smallest absolute Gasteiger partial charge is 0.285 e. The predicted molar refractivity (Wildman–Crippen MR) is 64.5 cm³/mol. The molecule has 0 spiro atoms. The van der Waals surface area contributed by atoms with Gasteiger partial charge in [-0.2, -0.15) is 0 Å². The molecule has 1 amide bonds. The summed E-state index contributed by atoms with van der Waals surface area (Å²) in [5.74, 6) is 0. The number of thioether (sulfide) groups is 1. The third-order valence-corrected chi connectivity index (χ3v) is 3.80. The average Bonchev–Trinajstić information content (AvgIpc) is 2.20. The van der Waals surface area contributed by atoms with Crippen molar-refractivity contribution in [1.82, 2.24) is 4.90 Å². The van der Waals surface area contributed by atoms with Gasteiger partial charge in [0.15, 0.2) is 6.29 Å². The molecule has 5 heteroatoms. The molecule has 0 bridgehead atoms. The number of hydrogen-bond donors (Lipinski definition) is 0. The molecular formula is C10H10BrNO2S. The normalized spacial score (nSPS) is 9.80. The molecule has 3 nitrogen and oxygen atoms in total. The van der Waals surface area contributed by atoms with E-state index >= 15 is 0 Å². The number of amides is 1. The lowest BCUT2D eigenvalue weighted by Crippen LogP contribution is -2.16. The molecule has 0 fully saturated rings. The van der Waals surface area contributed by atoms with Crippen LogP contribution in [0.15, 0.2) is 27.6 Å². The van der Waals surface area contributed by atoms with Gasteiger partial charge in [-0.15, -0.1) is 0 Å². The first-order valence-electron chi connectivity index (χ1n) is 4.19. The van der Waals surface area contributed by atoms with Crippen LogP contribution in [0.25, 0.3) is 0 Å². The fourth-order valence-corrected chi connectivity index (χ4v) is 2.29. The molecule has 0 heterocycles. The van der Waals surface area contributed by atoms with E-state index in [1.54, 1.807) is 32.3 Å². The fourth-order valence-electron chi connectivity index (χ4n) is 0.905. The summed E-state index contributed by atoms with van der Waals surface area (Å²) in [7, 11) is 3.35. The van der Waals surface area contributed by atoms with Crippen LogP contribution in [0.4, 0.5) is 4.79 Å². The van der Waals surface area contributed by atoms with Gasteiger partial charge in [0.25, 0.3) is 5.24 Å². The van der Waals surface area contributed by atoms with Gasteiger partial charge in [-0.25, -0.2) is 0 Å². The van der Waals surface area contributed by atoms with Gasteiger partial charge in [0.1, 0.15) is 0 Å². The molecule has 0 aliphatic carbocycles. The Hall–Kier alpha value is -0.810. The molecule has 0 N–H and O–H groups in total. The summed E-state index contributed by atoms with van der Waals surface area (Å²) in [6.07, 6.45) is 0.746. The highest BCUT2D eigenvalue weighted by Crippen LogP contribution is 2.31. The van der Waals surface area contributed by atoms with E-state index in [4.69, 9.17) is 0 Å². The Morgan fingerprint density at radius 1 is 1.47 bits per heavy atom. The maximum atomic E-state index is 11.5. The predicted octanol–water partition coefficient (Wildman–Crippen LogP) is 3.04. The fraction of sp³-hybridized carbons (Fsp3) is 0.200. The zero-order chi connectivity index (χ0) is 11.4. The molecule has 0 atom stereocenters. The Bertz CT molecular complexity index is 393. The van der Waals surface area contributed by atoms with Gasteiger partial charge < -0.3 is 4.90 Å². The summed E-state index contributed by atoms with van der Waals surface area (Å²) < 4.78 is 0.757. The Labute approximate surface area is 101 Å². The van der Waals surface area contributed by atoms with Gasteiger partial charge in [0, 0.05) is 29.0 Å². The molecule has 0 saturated heterocycles. The zero-order valence-electron chi connectivity index (χ0n) is 8.36. The van der Waals surface area contributed by atoms with Gasteiger partial charge in [-0.1, -0.05) is 12.1 Å². The quantitative estimate of drug-likeness (QED) is 0.620. The highest BCUT2D eigenvalue weighted by molar-refractivity contribution is 9.10. The molecule has 0 aromatic heterocycles. The lowest BCUT2D eigenvalue weighted by atomic mass is 10.2. The second-order valence-electron chi connectivity index (χ2n) is 3.04. The highest BCUT2D eigenvalue weighted by atomic mass is 79.9. The maximum absolute atomic E-state index is 11.5. The molecule has 0 aliphatic heterocycles. The molecule has 0 aliphatic rings. The average molecular weight is 288 g/mol. The first kappa shape index (κ1) is 12.3. The highest BCUT2D eigenvalue weighted by Gasteiger charge is 2.13. The lowest BCUT2D eigenvalue weighted by Gasteiger charge is -2.11. The van der Waals surface area contributed by atoms with E-state index in [9.17, 15) is 9.59 Å². The van der Waals surface area contributed by atoms with Crippen LogP contribution in [0, 0.1) is 0 Å². The van der Waals surface area contributed by atoms with Crippen LogP contribution in [0.5, 0.6) is 0 Å². The van der Waals surface area contributed by atoms with Crippen molar-refractivity contribution in [2.45, 2.75) is 4.90 Å². The number of benzene rings is 1. The third kappa shape index (κ3) is 3.07. The largest absolute Gasteiger partial charge is 0.339 e. The van der Waals surface area contributed by atoms with Crippen molar-refractivity contribution in [2.24, 2.45) is 0 Å². The number of carbonyl (C=O) groups excluding carboxylic acids is 2. The Balaban J connectivity index is 3.02. The first-order chi connectivity index (χ1) is 7.06. The molecule has 15 heavy (non-hydrogen) atoms. The first-order valence-corrected chi connectivity index (χ1v) is 5.80. The van der Waals surface area contributed by atoms with Crippen LogP contribution in [0.2, 0.25) is 0 Å². The monoisotopic (exact) mass is 287 g/mol. The standard InChI is InChI=1S/C10H10BrNO2S/c1-12(2)10(14)15-9-7(6-13)4-3-5-8(9)11/h3-6H,1-2H3. The SMILES string of the molecule is CN(C)C(=O)Sc1c(Br)cccc1C=O. The van der Waals surface area contributed by atoms with E-state index < -0.39 is 0 Å². The van der Waals surface area contributed by atoms with E-state index in [1.807, 2.05) is 0 Å². The van der Waals surface area contributed by atoms with Crippen LogP contribution in [0.3, 0.4) is 0 Å². The lowest BCUT2D eigenvalue weighted by molar-refractivity contribution is 0.112. The van der Waals surface area contributed by atoms with Crippen molar-refractivity contribution in [2.75, 3.05) is 14.1 Å². The van der Waals surface area contributed by atoms with Crippen molar-refractivity contribution >= 4 is 39.2 Å². The number of rotatable bonds is 2. The molecule has 80 valence electrons. The summed E-state index contributed by atoms with van der Waals surface area (Å²) in [6.45, 7) is 0. The van der Waals surface area contributed by atoms with E-state index in [0.29, 0.717) is 10.5 Å². The summed E-state index contributed by atoms with van der Waals surface area (Å²) in [5.41, 5.74) is 0.518. The van der Waals surface area contributed by atoms with Crippen LogP contribution in [0.1, 0.15) is 10.4 Å². The number of halogens is 1. The van der Waals surface area contributed by atoms with E-state index in [-0.39, 0.29) is 5.24 Å². The summed E-state index contributed by atoms with van der Waals surface area (Å²) in [4.78, 5) is 24.4. The third-order valence-electron chi connectivity index (χ3n) is 1.68. The number of nitrogens with zero attached hydrogens (tertiary/aromatic N) is 1. The molecule has 0 saturated carbocycles. The number of aldehydes is 1. The van der Waals surface area contributed by atoms with Gasteiger partial charge in [-0.3, -0.25) is 9.59 Å². The number of hydrogen-bond acceptors (Lipinski definition) is 3. The summed E-state index contributed by atoms with van der Waals surface area (Å²) in [5, 5.41) is -0.106. The van der Waals surface area contributed by atoms with Crippen molar-refractivity contribution < 1.29 is 9.59 Å². The topological polar surface area (TPSA) is 37.4 Å².